The van der Waals surface area contributed by atoms with Crippen molar-refractivity contribution in [2.45, 2.75) is 64.5 Å². The van der Waals surface area contributed by atoms with Gasteiger partial charge in [0, 0.05) is 30.7 Å². The molecule has 4 heterocycles. The average Bonchev–Trinajstić information content (AvgIpc) is 3.23. The van der Waals surface area contributed by atoms with Crippen LogP contribution in [0.15, 0.2) is 34.9 Å². The molecule has 0 unspecified atom stereocenters. The van der Waals surface area contributed by atoms with Gasteiger partial charge in [0.2, 0.25) is 0 Å². The minimum atomic E-state index is -0.250. The molecular weight excluding hydrogens is 418 g/mol. The van der Waals surface area contributed by atoms with E-state index < -0.39 is 0 Å². The van der Waals surface area contributed by atoms with Crippen LogP contribution in [0.1, 0.15) is 61.6 Å². The first-order valence-electron chi connectivity index (χ1n) is 12.2. The first-order chi connectivity index (χ1) is 16.1. The topological polar surface area (TPSA) is 86.9 Å². The van der Waals surface area contributed by atoms with Crippen LogP contribution in [0.2, 0.25) is 0 Å². The third-order valence-electron chi connectivity index (χ3n) is 7.62. The van der Waals surface area contributed by atoms with Crippen molar-refractivity contribution in [2.24, 2.45) is 11.8 Å². The number of fused-ring (bicyclic) bond motifs is 4. The molecule has 7 nitrogen and oxygen atoms in total. The average molecular weight is 454 g/mol. The Hall–Kier alpha value is -2.67. The molecule has 3 saturated heterocycles. The first kappa shape index (κ1) is 23.5. The van der Waals surface area contributed by atoms with Crippen molar-refractivity contribution in [3.8, 4) is 11.3 Å². The Morgan fingerprint density at radius 2 is 1.94 bits per heavy atom. The van der Waals surface area contributed by atoms with Crippen LogP contribution in [-0.2, 0) is 4.79 Å². The zero-order chi connectivity index (χ0) is 23.4. The van der Waals surface area contributed by atoms with Crippen LogP contribution in [0.5, 0.6) is 0 Å². The summed E-state index contributed by atoms with van der Waals surface area (Å²) < 4.78 is 5.50. The number of carboxylic acid groups (broad SMARTS) is 1. The number of amides is 1. The second-order valence-electron chi connectivity index (χ2n) is 9.56. The van der Waals surface area contributed by atoms with Crippen LogP contribution in [0, 0.1) is 18.8 Å². The Kier molecular flexibility index (Phi) is 7.48. The molecule has 33 heavy (non-hydrogen) atoms. The smallest absolute Gasteiger partial charge is 0.290 e. The number of piperidine rings is 3. The van der Waals surface area contributed by atoms with E-state index in [1.165, 1.54) is 45.1 Å². The normalized spacial score (nSPS) is 26.7. The highest BCUT2D eigenvalue weighted by Crippen LogP contribution is 2.43. The summed E-state index contributed by atoms with van der Waals surface area (Å²) in [6.07, 6.45) is 7.70. The SMILES string of the molecule is CCC[C@H]1[C@H]2C[C@H](CN(C(=O)c3c(-c4ccccc4)noc3C)C2)[C@@H]2CCCCN21.O=CO. The van der Waals surface area contributed by atoms with Crippen LogP contribution >= 0.6 is 0 Å². The van der Waals surface area contributed by atoms with Gasteiger partial charge in [0.25, 0.3) is 12.4 Å². The summed E-state index contributed by atoms with van der Waals surface area (Å²) in [7, 11) is 0. The molecule has 5 rings (SSSR count). The highest BCUT2D eigenvalue weighted by atomic mass is 16.5. The summed E-state index contributed by atoms with van der Waals surface area (Å²) >= 11 is 0. The number of nitrogens with zero attached hydrogens (tertiary/aromatic N) is 3. The molecule has 1 N–H and O–H groups in total. The zero-order valence-corrected chi connectivity index (χ0v) is 19.7. The van der Waals surface area contributed by atoms with E-state index in [0.29, 0.717) is 40.9 Å². The first-order valence-corrected chi connectivity index (χ1v) is 12.2. The Morgan fingerprint density at radius 1 is 1.21 bits per heavy atom. The van der Waals surface area contributed by atoms with Crippen molar-refractivity contribution < 1.29 is 19.2 Å². The number of carbonyl (C=O) groups is 2. The van der Waals surface area contributed by atoms with Crippen molar-refractivity contribution in [1.82, 2.24) is 15.0 Å². The summed E-state index contributed by atoms with van der Waals surface area (Å²) in [6.45, 7) is 6.89. The standard InChI is InChI=1S/C25H33N3O2.CH2O2/c1-3-9-21-19-14-20(22-12-7-8-13-28(21)22)16-27(15-19)25(29)23-17(2)30-26-24(23)18-10-5-4-6-11-18;2-1-3/h4-6,10-11,19-22H,3,7-9,12-16H2,1-2H3;1H,(H,2,3)/t19-,20+,21-,22-;/m0./s1. The number of likely N-dealkylation sites (tertiary alicyclic amines) is 1. The minimum absolute atomic E-state index is 0.0989. The largest absolute Gasteiger partial charge is 0.483 e. The number of rotatable bonds is 4. The number of carbonyl (C=O) groups excluding carboxylic acids is 1. The molecule has 0 radical (unpaired) electrons. The van der Waals surface area contributed by atoms with Crippen LogP contribution in [0.3, 0.4) is 0 Å². The summed E-state index contributed by atoms with van der Waals surface area (Å²) in [6, 6.07) is 11.2. The second kappa shape index (κ2) is 10.5. The molecule has 2 bridgehead atoms. The van der Waals surface area contributed by atoms with Crippen molar-refractivity contribution >= 4 is 12.4 Å². The van der Waals surface area contributed by atoms with Gasteiger partial charge in [0.05, 0.1) is 0 Å². The molecule has 0 spiro atoms. The highest BCUT2D eigenvalue weighted by molar-refractivity contribution is 6.00. The zero-order valence-electron chi connectivity index (χ0n) is 19.7. The molecule has 3 aliphatic rings. The van der Waals surface area contributed by atoms with Gasteiger partial charge in [-0.05, 0) is 51.0 Å². The lowest BCUT2D eigenvalue weighted by molar-refractivity contribution is -0.122. The molecular formula is C26H35N3O4. The quantitative estimate of drug-likeness (QED) is 0.688. The van der Waals surface area contributed by atoms with Crippen LogP contribution in [0.4, 0.5) is 0 Å². The van der Waals surface area contributed by atoms with Crippen LogP contribution in [-0.4, -0.2) is 64.2 Å². The van der Waals surface area contributed by atoms with Gasteiger partial charge in [-0.25, -0.2) is 0 Å². The van der Waals surface area contributed by atoms with Gasteiger partial charge in [-0.15, -0.1) is 0 Å². The summed E-state index contributed by atoms with van der Waals surface area (Å²) in [5.74, 6) is 1.91. The van der Waals surface area contributed by atoms with Gasteiger partial charge >= 0.3 is 0 Å². The van der Waals surface area contributed by atoms with Crippen LogP contribution in [0.25, 0.3) is 11.3 Å². The number of hydrogen-bond acceptors (Lipinski definition) is 5. The Bertz CT molecular complexity index is 944. The summed E-state index contributed by atoms with van der Waals surface area (Å²) in [5, 5.41) is 11.1. The number of aryl methyl sites for hydroxylation is 1. The Labute approximate surface area is 195 Å². The van der Waals surface area contributed by atoms with E-state index in [1.807, 2.05) is 37.3 Å². The van der Waals surface area contributed by atoms with Gasteiger partial charge in [-0.1, -0.05) is 55.3 Å². The lowest BCUT2D eigenvalue weighted by Gasteiger charge is -2.57. The lowest BCUT2D eigenvalue weighted by atomic mass is 9.71. The van der Waals surface area contributed by atoms with E-state index >= 15 is 0 Å². The predicted molar refractivity (Wildman–Crippen MR) is 126 cm³/mol. The molecule has 1 amide bonds. The maximum Gasteiger partial charge on any atom is 0.290 e. The second-order valence-corrected chi connectivity index (χ2v) is 9.56. The Balaban J connectivity index is 0.000000821. The third kappa shape index (κ3) is 4.69. The van der Waals surface area contributed by atoms with Crippen molar-refractivity contribution in [2.75, 3.05) is 19.6 Å². The van der Waals surface area contributed by atoms with Gasteiger partial charge in [-0.2, -0.15) is 0 Å². The molecule has 2 aromatic rings. The van der Waals surface area contributed by atoms with E-state index in [9.17, 15) is 4.79 Å². The third-order valence-corrected chi connectivity index (χ3v) is 7.62. The van der Waals surface area contributed by atoms with E-state index in [0.717, 1.165) is 18.7 Å². The molecule has 0 saturated carbocycles. The fraction of sp³-hybridized carbons (Fsp3) is 0.577. The Morgan fingerprint density at radius 3 is 2.67 bits per heavy atom. The van der Waals surface area contributed by atoms with E-state index in [-0.39, 0.29) is 12.4 Å². The van der Waals surface area contributed by atoms with E-state index in [2.05, 4.69) is 21.9 Å². The number of benzene rings is 1. The molecule has 1 aromatic heterocycles. The van der Waals surface area contributed by atoms with Gasteiger partial charge in [0.15, 0.2) is 0 Å². The highest BCUT2D eigenvalue weighted by Gasteiger charge is 2.47. The lowest BCUT2D eigenvalue weighted by Crippen LogP contribution is -2.64. The summed E-state index contributed by atoms with van der Waals surface area (Å²) in [4.78, 5) is 27.1. The van der Waals surface area contributed by atoms with Crippen molar-refractivity contribution in [3.05, 3.63) is 41.7 Å². The summed E-state index contributed by atoms with van der Waals surface area (Å²) in [5.41, 5.74) is 2.27. The van der Waals surface area contributed by atoms with Gasteiger partial charge < -0.3 is 14.5 Å². The van der Waals surface area contributed by atoms with Gasteiger partial charge in [-0.3, -0.25) is 14.5 Å². The fourth-order valence-corrected chi connectivity index (χ4v) is 6.34. The maximum absolute atomic E-state index is 13.7. The van der Waals surface area contributed by atoms with E-state index in [4.69, 9.17) is 14.4 Å². The van der Waals surface area contributed by atoms with Gasteiger partial charge in [0.1, 0.15) is 17.0 Å². The molecule has 4 atom stereocenters. The monoisotopic (exact) mass is 453 g/mol. The molecule has 1 aromatic carbocycles. The van der Waals surface area contributed by atoms with Crippen molar-refractivity contribution in [1.29, 1.82) is 0 Å². The molecule has 3 aliphatic heterocycles. The maximum atomic E-state index is 13.7. The van der Waals surface area contributed by atoms with E-state index in [1.54, 1.807) is 0 Å². The molecule has 0 aliphatic carbocycles. The van der Waals surface area contributed by atoms with Crippen molar-refractivity contribution in [3.63, 3.8) is 0 Å². The predicted octanol–water partition coefficient (Wildman–Crippen LogP) is 4.47. The molecule has 7 heteroatoms. The fourth-order valence-electron chi connectivity index (χ4n) is 6.34. The molecule has 178 valence electrons. The number of hydrogen-bond donors (Lipinski definition) is 1. The van der Waals surface area contributed by atoms with Crippen LogP contribution < -0.4 is 0 Å². The minimum Gasteiger partial charge on any atom is -0.483 e. The molecule has 3 fully saturated rings. The number of aromatic nitrogens is 1.